The number of halogens is 1. The molecule has 2 aliphatic heterocycles. The topological polar surface area (TPSA) is 89.8 Å². The lowest BCUT2D eigenvalue weighted by atomic mass is 10.2. The van der Waals surface area contributed by atoms with Gasteiger partial charge in [0.1, 0.15) is 6.10 Å². The van der Waals surface area contributed by atoms with Crippen molar-refractivity contribution in [3.63, 3.8) is 0 Å². The minimum atomic E-state index is -0.0981. The molecule has 2 fully saturated rings. The number of aliphatic imine (C=N–C) groups is 1. The van der Waals surface area contributed by atoms with E-state index in [2.05, 4.69) is 20.0 Å². The Kier molecular flexibility index (Phi) is 6.75. The molecule has 0 radical (unpaired) electrons. The van der Waals surface area contributed by atoms with Crippen molar-refractivity contribution in [1.29, 1.82) is 0 Å². The number of nitrogens with two attached hydrogens (primary N) is 1. The number of hydrogen-bond donors (Lipinski definition) is 1. The Labute approximate surface area is 151 Å². The first-order valence-corrected chi connectivity index (χ1v) is 8.46. The van der Waals surface area contributed by atoms with Crippen molar-refractivity contribution < 1.29 is 9.26 Å². The van der Waals surface area contributed by atoms with Crippen LogP contribution in [0.25, 0.3) is 0 Å². The number of hydrogen-bond acceptors (Lipinski definition) is 6. The van der Waals surface area contributed by atoms with Crippen molar-refractivity contribution in [2.24, 2.45) is 10.7 Å². The summed E-state index contributed by atoms with van der Waals surface area (Å²) in [5.74, 6) is 4.09. The molecule has 0 saturated carbocycles. The number of thioether (sulfide) groups is 1. The van der Waals surface area contributed by atoms with Gasteiger partial charge < -0.3 is 19.9 Å². The van der Waals surface area contributed by atoms with Gasteiger partial charge >= 0.3 is 0 Å². The van der Waals surface area contributed by atoms with Gasteiger partial charge in [-0.3, -0.25) is 4.99 Å². The highest BCUT2D eigenvalue weighted by molar-refractivity contribution is 14.0. The lowest BCUT2D eigenvalue weighted by Crippen LogP contribution is -2.43. The lowest BCUT2D eigenvalue weighted by molar-refractivity contribution is 0.0308. The van der Waals surface area contributed by atoms with Gasteiger partial charge in [-0.2, -0.15) is 16.7 Å². The zero-order valence-corrected chi connectivity index (χ0v) is 15.8. The van der Waals surface area contributed by atoms with Crippen molar-refractivity contribution in [3.05, 3.63) is 11.7 Å². The van der Waals surface area contributed by atoms with Crippen molar-refractivity contribution in [2.45, 2.75) is 32.0 Å². The molecule has 0 aromatic carbocycles. The van der Waals surface area contributed by atoms with Crippen LogP contribution in [0.2, 0.25) is 0 Å². The van der Waals surface area contributed by atoms with Crippen LogP contribution < -0.4 is 5.73 Å². The molecular weight excluding hydrogens is 417 g/mol. The number of rotatable bonds is 3. The summed E-state index contributed by atoms with van der Waals surface area (Å²) in [4.78, 5) is 10.8. The first-order chi connectivity index (χ1) is 10.2. The summed E-state index contributed by atoms with van der Waals surface area (Å²) in [6.07, 6.45) is 1.82. The summed E-state index contributed by atoms with van der Waals surface area (Å²) in [6, 6.07) is 0. The summed E-state index contributed by atoms with van der Waals surface area (Å²) in [5.41, 5.74) is 6.05. The molecule has 124 valence electrons. The third-order valence-corrected chi connectivity index (χ3v) is 4.66. The van der Waals surface area contributed by atoms with Crippen LogP contribution in [0.15, 0.2) is 9.52 Å². The van der Waals surface area contributed by atoms with Gasteiger partial charge in [-0.1, -0.05) is 5.16 Å². The van der Waals surface area contributed by atoms with Gasteiger partial charge in [0, 0.05) is 24.6 Å². The molecule has 3 rings (SSSR count). The SMILES string of the molecule is Cc1noc([C@@H]2CC[C@H](CN=C(N)N3CCSCC3)O2)n1.I. The first kappa shape index (κ1) is 17.8. The van der Waals surface area contributed by atoms with Gasteiger partial charge in [0.05, 0.1) is 12.6 Å². The van der Waals surface area contributed by atoms with Gasteiger partial charge in [0.25, 0.3) is 5.89 Å². The van der Waals surface area contributed by atoms with Crippen molar-refractivity contribution in [1.82, 2.24) is 15.0 Å². The Morgan fingerprint density at radius 2 is 2.18 bits per heavy atom. The van der Waals surface area contributed by atoms with E-state index in [-0.39, 0.29) is 36.2 Å². The molecule has 2 atom stereocenters. The van der Waals surface area contributed by atoms with Crippen molar-refractivity contribution in [2.75, 3.05) is 31.1 Å². The van der Waals surface area contributed by atoms with Crippen LogP contribution in [0.5, 0.6) is 0 Å². The fourth-order valence-corrected chi connectivity index (χ4v) is 3.46. The average molecular weight is 439 g/mol. The van der Waals surface area contributed by atoms with Crippen LogP contribution in [0, 0.1) is 6.92 Å². The van der Waals surface area contributed by atoms with E-state index in [0.717, 1.165) is 37.4 Å². The lowest BCUT2D eigenvalue weighted by Gasteiger charge is -2.27. The average Bonchev–Trinajstić information content (AvgIpc) is 3.14. The van der Waals surface area contributed by atoms with Crippen molar-refractivity contribution >= 4 is 41.7 Å². The predicted molar refractivity (Wildman–Crippen MR) is 96.7 cm³/mol. The molecule has 2 saturated heterocycles. The zero-order chi connectivity index (χ0) is 14.7. The maximum absolute atomic E-state index is 6.05. The van der Waals surface area contributed by atoms with E-state index in [4.69, 9.17) is 15.0 Å². The minimum absolute atomic E-state index is 0. The summed E-state index contributed by atoms with van der Waals surface area (Å²) >= 11 is 1.96. The highest BCUT2D eigenvalue weighted by atomic mass is 127. The third-order valence-electron chi connectivity index (χ3n) is 3.72. The highest BCUT2D eigenvalue weighted by Crippen LogP contribution is 2.31. The van der Waals surface area contributed by atoms with Crippen LogP contribution >= 0.6 is 35.7 Å². The van der Waals surface area contributed by atoms with E-state index < -0.39 is 0 Å². The van der Waals surface area contributed by atoms with Crippen LogP contribution in [0.1, 0.15) is 30.7 Å². The molecule has 2 N–H and O–H groups in total. The molecule has 1 aromatic rings. The monoisotopic (exact) mass is 439 g/mol. The molecule has 0 unspecified atom stereocenters. The number of ether oxygens (including phenoxy) is 1. The largest absolute Gasteiger partial charge is 0.370 e. The number of nitrogens with zero attached hydrogens (tertiary/aromatic N) is 4. The number of guanidine groups is 1. The van der Waals surface area contributed by atoms with Crippen LogP contribution in [0.4, 0.5) is 0 Å². The van der Waals surface area contributed by atoms with Crippen LogP contribution in [-0.2, 0) is 4.74 Å². The van der Waals surface area contributed by atoms with Gasteiger partial charge in [-0.15, -0.1) is 24.0 Å². The van der Waals surface area contributed by atoms with Gasteiger partial charge in [-0.25, -0.2) is 0 Å². The molecule has 7 nitrogen and oxygen atoms in total. The van der Waals surface area contributed by atoms with Crippen LogP contribution in [-0.4, -0.2) is 58.2 Å². The number of aromatic nitrogens is 2. The Morgan fingerprint density at radius 3 is 2.86 bits per heavy atom. The fourth-order valence-electron chi connectivity index (χ4n) is 2.55. The summed E-state index contributed by atoms with van der Waals surface area (Å²) in [6.45, 7) is 4.37. The standard InChI is InChI=1S/C13H21N5O2S.HI/c1-9-16-12(20-17-9)11-3-2-10(19-11)8-15-13(14)18-4-6-21-7-5-18;/h10-11H,2-8H2,1H3,(H2,14,15);1H/t10-,11+;/m1./s1. The second kappa shape index (κ2) is 8.34. The number of aryl methyl sites for hydroxylation is 1. The summed E-state index contributed by atoms with van der Waals surface area (Å²) < 4.78 is 11.1. The maximum atomic E-state index is 6.05. The Morgan fingerprint density at radius 1 is 1.41 bits per heavy atom. The minimum Gasteiger partial charge on any atom is -0.370 e. The van der Waals surface area contributed by atoms with E-state index in [0.29, 0.717) is 24.2 Å². The Hall–Kier alpha value is -0.550. The van der Waals surface area contributed by atoms with Gasteiger partial charge in [-0.05, 0) is 19.8 Å². The molecule has 9 heteroatoms. The van der Waals surface area contributed by atoms with E-state index in [9.17, 15) is 0 Å². The fraction of sp³-hybridized carbons (Fsp3) is 0.769. The maximum Gasteiger partial charge on any atom is 0.255 e. The van der Waals surface area contributed by atoms with Crippen LogP contribution in [0.3, 0.4) is 0 Å². The van der Waals surface area contributed by atoms with E-state index in [1.807, 2.05) is 11.8 Å². The molecule has 0 amide bonds. The molecule has 0 bridgehead atoms. The molecule has 3 heterocycles. The second-order valence-corrected chi connectivity index (χ2v) is 6.53. The second-order valence-electron chi connectivity index (χ2n) is 5.30. The van der Waals surface area contributed by atoms with Crippen molar-refractivity contribution in [3.8, 4) is 0 Å². The highest BCUT2D eigenvalue weighted by Gasteiger charge is 2.30. The first-order valence-electron chi connectivity index (χ1n) is 7.30. The quantitative estimate of drug-likeness (QED) is 0.435. The van der Waals surface area contributed by atoms with Gasteiger partial charge in [0.15, 0.2) is 11.8 Å². The molecule has 2 aliphatic rings. The van der Waals surface area contributed by atoms with E-state index in [1.165, 1.54) is 0 Å². The van der Waals surface area contributed by atoms with E-state index in [1.54, 1.807) is 6.92 Å². The smallest absolute Gasteiger partial charge is 0.255 e. The zero-order valence-electron chi connectivity index (χ0n) is 12.6. The third kappa shape index (κ3) is 4.48. The van der Waals surface area contributed by atoms with Gasteiger partial charge in [0.2, 0.25) is 0 Å². The molecule has 1 aromatic heterocycles. The molecular formula is C13H22IN5O2S. The normalized spacial score (nSPS) is 26.0. The summed E-state index contributed by atoms with van der Waals surface area (Å²) in [5, 5.41) is 3.80. The Bertz CT molecular complexity index is 506. The Balaban J connectivity index is 0.00000176. The predicted octanol–water partition coefficient (Wildman–Crippen LogP) is 1.58. The van der Waals surface area contributed by atoms with E-state index >= 15 is 0 Å². The molecule has 0 spiro atoms. The summed E-state index contributed by atoms with van der Waals surface area (Å²) in [7, 11) is 0. The molecule has 0 aliphatic carbocycles. The molecule has 22 heavy (non-hydrogen) atoms.